The van der Waals surface area contributed by atoms with E-state index in [9.17, 15) is 18.9 Å². The summed E-state index contributed by atoms with van der Waals surface area (Å²) in [6, 6.07) is 0. The van der Waals surface area contributed by atoms with Crippen molar-refractivity contribution < 1.29 is 32.5 Å². The van der Waals surface area contributed by atoms with E-state index in [0.717, 1.165) is 0 Å². The zero-order valence-electron chi connectivity index (χ0n) is 10.2. The number of hydrogen-bond donors (Lipinski definition) is 3. The van der Waals surface area contributed by atoms with Crippen LogP contribution in [-0.2, 0) is 32.5 Å². The first-order valence-electron chi connectivity index (χ1n) is 4.63. The summed E-state index contributed by atoms with van der Waals surface area (Å²) in [5.74, 6) is -6.10. The molecule has 0 radical (unpaired) electrons. The summed E-state index contributed by atoms with van der Waals surface area (Å²) in [5, 5.41) is 0. The fourth-order valence-electron chi connectivity index (χ4n) is 0.596. The van der Waals surface area contributed by atoms with Crippen LogP contribution in [0.3, 0.4) is 0 Å². The van der Waals surface area contributed by atoms with E-state index in [1.807, 2.05) is 0 Å². The van der Waals surface area contributed by atoms with Crippen LogP contribution >= 0.6 is 7.82 Å². The Morgan fingerprint density at radius 1 is 0.700 bits per heavy atom. The second-order valence-electron chi connectivity index (χ2n) is 3.08. The molecule has 10 nitrogen and oxygen atoms in total. The van der Waals surface area contributed by atoms with E-state index in [0.29, 0.717) is 0 Å². The quantitative estimate of drug-likeness (QED) is 0.282. The van der Waals surface area contributed by atoms with E-state index < -0.39 is 42.8 Å². The Kier molecular flexibility index (Phi) is 5.55. The molecule has 0 unspecified atom stereocenters. The lowest BCUT2D eigenvalue weighted by atomic mass is 10.6. The van der Waals surface area contributed by atoms with Crippen molar-refractivity contribution >= 4 is 25.5 Å². The van der Waals surface area contributed by atoms with Crippen molar-refractivity contribution in [3.63, 3.8) is 0 Å². The summed E-state index contributed by atoms with van der Waals surface area (Å²) in [7, 11) is -4.75. The molecule has 20 heavy (non-hydrogen) atoms. The van der Waals surface area contributed by atoms with Gasteiger partial charge in [-0.05, 0) is 0 Å². The molecule has 0 saturated carbocycles. The van der Waals surface area contributed by atoms with Crippen LogP contribution < -0.4 is 17.2 Å². The molecule has 0 rings (SSSR count). The van der Waals surface area contributed by atoms with Crippen molar-refractivity contribution in [1.29, 1.82) is 0 Å². The van der Waals surface area contributed by atoms with Crippen LogP contribution in [0.5, 0.6) is 0 Å². The molecule has 11 heteroatoms. The molecule has 0 aromatic carbocycles. The maximum Gasteiger partial charge on any atom is 0.647 e. The summed E-state index contributed by atoms with van der Waals surface area (Å²) in [4.78, 5) is 32.3. The first kappa shape index (κ1) is 17.3. The Morgan fingerprint density at radius 3 is 1.05 bits per heavy atom. The van der Waals surface area contributed by atoms with Crippen LogP contribution in [-0.4, -0.2) is 17.7 Å². The highest BCUT2D eigenvalue weighted by Crippen LogP contribution is 2.54. The maximum absolute atomic E-state index is 12.1. The number of phosphoric acid groups is 1. The van der Waals surface area contributed by atoms with E-state index in [1.165, 1.54) is 0 Å². The van der Waals surface area contributed by atoms with Gasteiger partial charge in [-0.1, -0.05) is 19.7 Å². The molecule has 0 aromatic rings. The van der Waals surface area contributed by atoms with Crippen molar-refractivity contribution in [3.05, 3.63) is 37.0 Å². The lowest BCUT2D eigenvalue weighted by Crippen LogP contribution is -2.20. The van der Waals surface area contributed by atoms with Crippen molar-refractivity contribution in [2.75, 3.05) is 0 Å². The number of carbonyl (C=O) groups excluding carboxylic acids is 3. The van der Waals surface area contributed by atoms with Gasteiger partial charge in [0.1, 0.15) is 0 Å². The summed E-state index contributed by atoms with van der Waals surface area (Å²) in [6.45, 7) is 9.07. The van der Waals surface area contributed by atoms with Crippen LogP contribution in [0.4, 0.5) is 0 Å². The fourth-order valence-corrected chi connectivity index (χ4v) is 1.79. The topological polar surface area (TPSA) is 174 Å². The predicted molar refractivity (Wildman–Crippen MR) is 65.9 cm³/mol. The molecule has 3 amide bonds. The zero-order valence-corrected chi connectivity index (χ0v) is 11.1. The van der Waals surface area contributed by atoms with Gasteiger partial charge in [-0.25, -0.2) is 0 Å². The largest absolute Gasteiger partial charge is 0.647 e. The Labute approximate surface area is 113 Å². The number of carbonyl (C=O) groups is 3. The van der Waals surface area contributed by atoms with Gasteiger partial charge in [0.05, 0.1) is 0 Å². The number of phosphoric ester groups is 1. The van der Waals surface area contributed by atoms with Gasteiger partial charge in [0.15, 0.2) is 17.3 Å². The van der Waals surface area contributed by atoms with Gasteiger partial charge in [0, 0.05) is 0 Å². The number of hydrogen-bond acceptors (Lipinski definition) is 7. The SMILES string of the molecule is C=C(OP(=O)(OC(=C)C(N)=O)OC(=C)C(N)=O)C(N)=O. The number of amides is 3. The molecular weight excluding hydrogens is 293 g/mol. The van der Waals surface area contributed by atoms with E-state index >= 15 is 0 Å². The van der Waals surface area contributed by atoms with E-state index in [1.54, 1.807) is 0 Å². The minimum Gasteiger partial charge on any atom is -0.381 e. The Bertz CT molecular complexity index is 478. The molecule has 6 N–H and O–H groups in total. The zero-order chi connectivity index (χ0) is 16.1. The van der Waals surface area contributed by atoms with Crippen molar-refractivity contribution in [2.45, 2.75) is 0 Å². The number of nitrogens with two attached hydrogens (primary N) is 3. The highest BCUT2D eigenvalue weighted by molar-refractivity contribution is 7.49. The third-order valence-electron chi connectivity index (χ3n) is 1.49. The molecule has 0 bridgehead atoms. The Hall–Kier alpha value is -2.74. The van der Waals surface area contributed by atoms with Crippen LogP contribution in [0, 0.1) is 0 Å². The van der Waals surface area contributed by atoms with Gasteiger partial charge in [-0.15, -0.1) is 0 Å². The Balaban J connectivity index is 5.27. The van der Waals surface area contributed by atoms with E-state index in [4.69, 9.17) is 17.2 Å². The third kappa shape index (κ3) is 5.27. The molecule has 0 heterocycles. The molecule has 0 fully saturated rings. The first-order chi connectivity index (χ1) is 8.98. The van der Waals surface area contributed by atoms with Crippen LogP contribution in [0.1, 0.15) is 0 Å². The molecule has 0 aliphatic rings. The minimum absolute atomic E-state index is 0.831. The van der Waals surface area contributed by atoms with Crippen LogP contribution in [0.2, 0.25) is 0 Å². The lowest BCUT2D eigenvalue weighted by molar-refractivity contribution is -0.117. The first-order valence-corrected chi connectivity index (χ1v) is 6.09. The number of primary amides is 3. The molecule has 0 aliphatic carbocycles. The van der Waals surface area contributed by atoms with Crippen molar-refractivity contribution in [2.24, 2.45) is 17.2 Å². The van der Waals surface area contributed by atoms with E-state index in [-0.39, 0.29) is 0 Å². The average molecular weight is 305 g/mol. The van der Waals surface area contributed by atoms with Gasteiger partial charge >= 0.3 is 7.82 Å². The molecular formula is C9H12N3O7P. The Morgan fingerprint density at radius 2 is 0.900 bits per heavy atom. The van der Waals surface area contributed by atoms with Gasteiger partial charge in [0.2, 0.25) is 0 Å². The molecule has 0 spiro atoms. The minimum atomic E-state index is -4.75. The highest BCUT2D eigenvalue weighted by Gasteiger charge is 2.37. The van der Waals surface area contributed by atoms with Gasteiger partial charge in [-0.2, -0.15) is 4.57 Å². The molecule has 0 saturated heterocycles. The molecule has 0 aliphatic heterocycles. The van der Waals surface area contributed by atoms with Gasteiger partial charge < -0.3 is 30.8 Å². The van der Waals surface area contributed by atoms with Crippen molar-refractivity contribution in [3.8, 4) is 0 Å². The molecule has 110 valence electrons. The van der Waals surface area contributed by atoms with Gasteiger partial charge in [0.25, 0.3) is 17.7 Å². The monoisotopic (exact) mass is 305 g/mol. The number of rotatable bonds is 9. The summed E-state index contributed by atoms with van der Waals surface area (Å²) in [6.07, 6.45) is 0. The van der Waals surface area contributed by atoms with Gasteiger partial charge in [-0.3, -0.25) is 14.4 Å². The standard InChI is InChI=1S/C9H12N3O7P/c1-4(7(10)13)17-20(16,18-5(2)8(11)14)19-6(3)9(12)15/h1-3H2,(H2,10,13)(H2,11,14)(H2,12,15). The second kappa shape index (κ2) is 6.43. The van der Waals surface area contributed by atoms with E-state index in [2.05, 4.69) is 33.3 Å². The molecule has 0 atom stereocenters. The third-order valence-corrected chi connectivity index (χ3v) is 2.82. The molecule has 0 aromatic heterocycles. The smallest absolute Gasteiger partial charge is 0.381 e. The predicted octanol–water partition coefficient (Wildman–Crippen LogP) is -0.859. The second-order valence-corrected chi connectivity index (χ2v) is 4.53. The summed E-state index contributed by atoms with van der Waals surface area (Å²) in [5.41, 5.74) is 14.4. The summed E-state index contributed by atoms with van der Waals surface area (Å²) < 4.78 is 25.4. The average Bonchev–Trinajstić information content (AvgIpc) is 2.27. The highest BCUT2D eigenvalue weighted by atomic mass is 31.2. The van der Waals surface area contributed by atoms with Crippen LogP contribution in [0.15, 0.2) is 37.0 Å². The fraction of sp³-hybridized carbons (Fsp3) is 0. The maximum atomic E-state index is 12.1. The van der Waals surface area contributed by atoms with Crippen molar-refractivity contribution in [1.82, 2.24) is 0 Å². The lowest BCUT2D eigenvalue weighted by Gasteiger charge is -2.19. The normalized spacial score (nSPS) is 10.0. The van der Waals surface area contributed by atoms with Crippen LogP contribution in [0.25, 0.3) is 0 Å². The summed E-state index contributed by atoms with van der Waals surface area (Å²) >= 11 is 0.